The van der Waals surface area contributed by atoms with Gasteiger partial charge < -0.3 is 30.2 Å². The standard InChI is InChI=1S/C34H62N8O8/c1-14-15-27(43)39(10)19-28(44)40(11)25(17-21(4)5)32(48)38-34(50)42(13)26(18-22(6)7)31(47)36-23(8)29(45)37-33(49)41(12)24(16-20(2)3)30(46)35-9/h20-26H,14-19H2,1-13H3,(H,35,46)(H,36,47)(H,37,45,49)(H,38,48,50)/t23-,24+,25+,26+/m1/s1. The molecule has 4 N–H and O–H groups in total. The molecule has 0 saturated heterocycles. The van der Waals surface area contributed by atoms with Gasteiger partial charge in [0.1, 0.15) is 24.2 Å². The first-order chi connectivity index (χ1) is 23.1. The molecule has 0 saturated carbocycles. The molecule has 0 fully saturated rings. The van der Waals surface area contributed by atoms with Crippen LogP contribution in [0.3, 0.4) is 0 Å². The van der Waals surface area contributed by atoms with Crippen molar-refractivity contribution in [2.75, 3.05) is 41.8 Å². The Kier molecular flexibility index (Phi) is 19.9. The van der Waals surface area contributed by atoms with E-state index in [1.807, 2.05) is 48.5 Å². The first kappa shape index (κ1) is 45.8. The predicted molar refractivity (Wildman–Crippen MR) is 189 cm³/mol. The van der Waals surface area contributed by atoms with Gasteiger partial charge in [-0.15, -0.1) is 0 Å². The fraction of sp³-hybridized carbons (Fsp3) is 0.765. The topological polar surface area (TPSA) is 198 Å². The van der Waals surface area contributed by atoms with Crippen LogP contribution >= 0.6 is 0 Å². The van der Waals surface area contributed by atoms with Crippen molar-refractivity contribution in [2.45, 2.75) is 112 Å². The lowest BCUT2D eigenvalue weighted by molar-refractivity contribution is -0.143. The molecule has 0 spiro atoms. The fourth-order valence-electron chi connectivity index (χ4n) is 5.05. The van der Waals surface area contributed by atoms with E-state index >= 15 is 0 Å². The van der Waals surface area contributed by atoms with Crippen LogP contribution in [0.15, 0.2) is 0 Å². The SMILES string of the molecule is CCCC(=O)N(C)CC(=O)N(C)[C@@H](CC(C)C)C(=O)NC(=O)N(C)[C@@H](CC(C)C)C(=O)N[C@H](C)C(=O)NC(=O)N(C)[C@@H](CC(C)C)C(=O)NC. The molecule has 0 aliphatic heterocycles. The number of carbonyl (C=O) groups excluding carboxylic acids is 8. The molecule has 16 heteroatoms. The number of carbonyl (C=O) groups is 8. The maximum Gasteiger partial charge on any atom is 0.324 e. The first-order valence-corrected chi connectivity index (χ1v) is 17.3. The molecule has 4 atom stereocenters. The molecular weight excluding hydrogens is 648 g/mol. The Balaban J connectivity index is 5.79. The van der Waals surface area contributed by atoms with Gasteiger partial charge in [-0.25, -0.2) is 9.59 Å². The molecule has 16 nitrogen and oxygen atoms in total. The molecule has 0 aromatic carbocycles. The quantitative estimate of drug-likeness (QED) is 0.164. The number of imide groups is 2. The molecule has 10 amide bonds. The van der Waals surface area contributed by atoms with Crippen molar-refractivity contribution >= 4 is 47.5 Å². The van der Waals surface area contributed by atoms with Crippen molar-refractivity contribution in [1.29, 1.82) is 0 Å². The average molecular weight is 711 g/mol. The Bertz CT molecular complexity index is 1210. The lowest BCUT2D eigenvalue weighted by Gasteiger charge is -2.32. The van der Waals surface area contributed by atoms with Gasteiger partial charge in [-0.3, -0.25) is 39.4 Å². The zero-order valence-electron chi connectivity index (χ0n) is 32.3. The van der Waals surface area contributed by atoms with Gasteiger partial charge in [-0.2, -0.15) is 0 Å². The largest absolute Gasteiger partial charge is 0.357 e. The summed E-state index contributed by atoms with van der Waals surface area (Å²) in [6.07, 6.45) is 1.68. The highest BCUT2D eigenvalue weighted by Crippen LogP contribution is 2.15. The molecule has 0 rings (SSSR count). The van der Waals surface area contributed by atoms with Crippen molar-refractivity contribution in [3.8, 4) is 0 Å². The van der Waals surface area contributed by atoms with Gasteiger partial charge >= 0.3 is 12.1 Å². The Hall–Kier alpha value is -4.24. The minimum Gasteiger partial charge on any atom is -0.357 e. The summed E-state index contributed by atoms with van der Waals surface area (Å²) in [6.45, 7) is 14.2. The number of nitrogens with one attached hydrogen (secondary N) is 4. The van der Waals surface area contributed by atoms with E-state index in [1.54, 1.807) is 0 Å². The minimum atomic E-state index is -1.20. The molecule has 0 aromatic heterocycles. The number of hydrogen-bond acceptors (Lipinski definition) is 8. The van der Waals surface area contributed by atoms with E-state index in [0.29, 0.717) is 12.8 Å². The van der Waals surface area contributed by atoms with Gasteiger partial charge in [-0.1, -0.05) is 48.5 Å². The van der Waals surface area contributed by atoms with Crippen molar-refractivity contribution in [3.05, 3.63) is 0 Å². The zero-order valence-corrected chi connectivity index (χ0v) is 32.3. The van der Waals surface area contributed by atoms with E-state index in [4.69, 9.17) is 0 Å². The molecule has 0 radical (unpaired) electrons. The molecule has 50 heavy (non-hydrogen) atoms. The van der Waals surface area contributed by atoms with E-state index in [2.05, 4.69) is 21.3 Å². The molecule has 0 aliphatic carbocycles. The molecule has 0 aliphatic rings. The van der Waals surface area contributed by atoms with Crippen molar-refractivity contribution in [1.82, 2.24) is 40.9 Å². The molecule has 0 unspecified atom stereocenters. The summed E-state index contributed by atoms with van der Waals surface area (Å²) in [6, 6.07) is -5.88. The number of likely N-dealkylation sites (N-methyl/N-ethyl adjacent to an activating group) is 5. The van der Waals surface area contributed by atoms with Gasteiger partial charge in [0.2, 0.25) is 29.5 Å². The van der Waals surface area contributed by atoms with Crippen LogP contribution in [0.5, 0.6) is 0 Å². The summed E-state index contributed by atoms with van der Waals surface area (Å²) in [5.41, 5.74) is 0. The number of amides is 10. The monoisotopic (exact) mass is 710 g/mol. The normalized spacial score (nSPS) is 13.4. The fourth-order valence-corrected chi connectivity index (χ4v) is 5.05. The van der Waals surface area contributed by atoms with Gasteiger partial charge in [0, 0.05) is 41.7 Å². The Morgan fingerprint density at radius 1 is 0.540 bits per heavy atom. The molecule has 0 heterocycles. The van der Waals surface area contributed by atoms with E-state index in [-0.39, 0.29) is 55.4 Å². The summed E-state index contributed by atoms with van der Waals surface area (Å²) in [7, 11) is 7.14. The highest BCUT2D eigenvalue weighted by atomic mass is 16.2. The number of nitrogens with zero attached hydrogens (tertiary/aromatic N) is 4. The van der Waals surface area contributed by atoms with Crippen LogP contribution in [-0.2, 0) is 28.8 Å². The molecule has 286 valence electrons. The second-order valence-corrected chi connectivity index (χ2v) is 14.1. The van der Waals surface area contributed by atoms with Crippen LogP contribution in [0, 0.1) is 17.8 Å². The van der Waals surface area contributed by atoms with E-state index in [1.165, 1.54) is 52.0 Å². The summed E-state index contributed by atoms with van der Waals surface area (Å²) >= 11 is 0. The third-order valence-electron chi connectivity index (χ3n) is 8.15. The van der Waals surface area contributed by atoms with Crippen molar-refractivity contribution < 1.29 is 38.4 Å². The second-order valence-electron chi connectivity index (χ2n) is 14.1. The van der Waals surface area contributed by atoms with Crippen molar-refractivity contribution in [3.63, 3.8) is 0 Å². The molecule has 0 aromatic rings. The second kappa shape index (κ2) is 21.8. The molecular formula is C34H62N8O8. The number of rotatable bonds is 18. The van der Waals surface area contributed by atoms with Gasteiger partial charge in [0.25, 0.3) is 5.91 Å². The van der Waals surface area contributed by atoms with Gasteiger partial charge in [-0.05, 0) is 50.4 Å². The maximum absolute atomic E-state index is 13.5. The minimum absolute atomic E-state index is 0.0306. The Morgan fingerprint density at radius 3 is 1.34 bits per heavy atom. The smallest absolute Gasteiger partial charge is 0.324 e. The van der Waals surface area contributed by atoms with Crippen LogP contribution in [0.25, 0.3) is 0 Å². The summed E-state index contributed by atoms with van der Waals surface area (Å²) in [5, 5.41) is 9.57. The van der Waals surface area contributed by atoms with Crippen LogP contribution in [0.1, 0.15) is 87.5 Å². The van der Waals surface area contributed by atoms with Crippen LogP contribution in [-0.4, -0.2) is 133 Å². The average Bonchev–Trinajstić information content (AvgIpc) is 3.02. The lowest BCUT2D eigenvalue weighted by atomic mass is 10.0. The Morgan fingerprint density at radius 2 is 0.940 bits per heavy atom. The van der Waals surface area contributed by atoms with Crippen LogP contribution in [0.4, 0.5) is 9.59 Å². The summed E-state index contributed by atoms with van der Waals surface area (Å²) in [4.78, 5) is 108. The lowest BCUT2D eigenvalue weighted by Crippen LogP contribution is -2.59. The first-order valence-electron chi connectivity index (χ1n) is 17.3. The number of urea groups is 2. The third-order valence-corrected chi connectivity index (χ3v) is 8.15. The zero-order chi connectivity index (χ0) is 39.0. The van der Waals surface area contributed by atoms with E-state index in [0.717, 1.165) is 9.80 Å². The van der Waals surface area contributed by atoms with Crippen LogP contribution in [0.2, 0.25) is 0 Å². The highest BCUT2D eigenvalue weighted by Gasteiger charge is 2.35. The summed E-state index contributed by atoms with van der Waals surface area (Å²) in [5.74, 6) is -3.36. The van der Waals surface area contributed by atoms with Gasteiger partial charge in [0.05, 0.1) is 6.54 Å². The number of hydrogen-bond donors (Lipinski definition) is 4. The van der Waals surface area contributed by atoms with E-state index < -0.39 is 59.9 Å². The molecule has 0 bridgehead atoms. The summed E-state index contributed by atoms with van der Waals surface area (Å²) < 4.78 is 0. The van der Waals surface area contributed by atoms with Crippen molar-refractivity contribution in [2.24, 2.45) is 17.8 Å². The highest BCUT2D eigenvalue weighted by molar-refractivity contribution is 6.02. The third kappa shape index (κ3) is 15.1. The van der Waals surface area contributed by atoms with E-state index in [9.17, 15) is 38.4 Å². The Labute approximate surface area is 297 Å². The maximum atomic E-state index is 13.5. The predicted octanol–water partition coefficient (Wildman–Crippen LogP) is 1.53. The van der Waals surface area contributed by atoms with Gasteiger partial charge in [0.15, 0.2) is 0 Å². The van der Waals surface area contributed by atoms with Crippen LogP contribution < -0.4 is 21.3 Å².